The molecule has 1 unspecified atom stereocenters. The highest BCUT2D eigenvalue weighted by Crippen LogP contribution is 2.16. The average molecular weight is 370 g/mol. The molecule has 3 rings (SSSR count). The number of aryl methyl sites for hydroxylation is 1. The molecule has 1 fully saturated rings. The Kier molecular flexibility index (Phi) is 6.50. The molecule has 6 nitrogen and oxygen atoms in total. The highest BCUT2D eigenvalue weighted by atomic mass is 16.5. The quantitative estimate of drug-likeness (QED) is 0.628. The number of nitrogens with one attached hydrogen (secondary N) is 1. The van der Waals surface area contributed by atoms with Gasteiger partial charge in [-0.25, -0.2) is 0 Å². The van der Waals surface area contributed by atoms with Gasteiger partial charge in [-0.2, -0.15) is 5.10 Å². The maximum absolute atomic E-state index is 5.49. The summed E-state index contributed by atoms with van der Waals surface area (Å²) in [5.74, 6) is 1.50. The van der Waals surface area contributed by atoms with E-state index < -0.39 is 0 Å². The minimum Gasteiger partial charge on any atom is -0.381 e. The van der Waals surface area contributed by atoms with E-state index in [0.29, 0.717) is 5.92 Å². The lowest BCUT2D eigenvalue weighted by molar-refractivity contribution is 0.181. The predicted molar refractivity (Wildman–Crippen MR) is 109 cm³/mol. The molecule has 0 saturated carbocycles. The third-order valence-corrected chi connectivity index (χ3v) is 5.26. The van der Waals surface area contributed by atoms with Gasteiger partial charge in [0.1, 0.15) is 0 Å². The number of hydrogen-bond acceptors (Lipinski definition) is 3. The second-order valence-electron chi connectivity index (χ2n) is 7.30. The minimum absolute atomic E-state index is 0.589. The molecule has 6 heteroatoms. The lowest BCUT2D eigenvalue weighted by atomic mass is 10.1. The first-order chi connectivity index (χ1) is 13.1. The van der Waals surface area contributed by atoms with Crippen molar-refractivity contribution < 1.29 is 4.74 Å². The molecule has 146 valence electrons. The van der Waals surface area contributed by atoms with Gasteiger partial charge in [0.05, 0.1) is 18.8 Å². The lowest BCUT2D eigenvalue weighted by Gasteiger charge is -2.24. The summed E-state index contributed by atoms with van der Waals surface area (Å²) in [5.41, 5.74) is 4.77. The summed E-state index contributed by atoms with van der Waals surface area (Å²) in [4.78, 5) is 6.64. The van der Waals surface area contributed by atoms with Crippen molar-refractivity contribution >= 4 is 5.96 Å². The number of ether oxygens (including phenoxy) is 1. The molecule has 0 amide bonds. The Morgan fingerprint density at radius 3 is 2.78 bits per heavy atom. The first-order valence-corrected chi connectivity index (χ1v) is 9.64. The van der Waals surface area contributed by atoms with E-state index in [9.17, 15) is 0 Å². The van der Waals surface area contributed by atoms with Crippen molar-refractivity contribution in [2.45, 2.75) is 33.4 Å². The van der Waals surface area contributed by atoms with Crippen molar-refractivity contribution in [3.63, 3.8) is 0 Å². The molecule has 1 aromatic carbocycles. The molecular formula is C21H31N5O. The van der Waals surface area contributed by atoms with Gasteiger partial charge in [0, 0.05) is 51.0 Å². The lowest BCUT2D eigenvalue weighted by Crippen LogP contribution is -2.41. The smallest absolute Gasteiger partial charge is 0.193 e. The Bertz CT molecular complexity index is 762. The fraction of sp³-hybridized carbons (Fsp3) is 0.524. The van der Waals surface area contributed by atoms with Gasteiger partial charge in [-0.05, 0) is 25.8 Å². The molecule has 0 radical (unpaired) electrons. The van der Waals surface area contributed by atoms with Gasteiger partial charge >= 0.3 is 0 Å². The fourth-order valence-electron chi connectivity index (χ4n) is 3.65. The van der Waals surface area contributed by atoms with Crippen LogP contribution in [0.4, 0.5) is 0 Å². The van der Waals surface area contributed by atoms with Crippen molar-refractivity contribution in [3.05, 3.63) is 52.8 Å². The average Bonchev–Trinajstić information content (AvgIpc) is 3.26. The van der Waals surface area contributed by atoms with Gasteiger partial charge in [-0.15, -0.1) is 0 Å². The summed E-state index contributed by atoms with van der Waals surface area (Å²) in [6.45, 7) is 8.44. The van der Waals surface area contributed by atoms with Gasteiger partial charge in [-0.1, -0.05) is 30.3 Å². The molecule has 1 saturated heterocycles. The van der Waals surface area contributed by atoms with Gasteiger partial charge in [0.2, 0.25) is 0 Å². The van der Waals surface area contributed by atoms with Crippen LogP contribution in [0.2, 0.25) is 0 Å². The second kappa shape index (κ2) is 9.04. The normalized spacial score (nSPS) is 17.3. The van der Waals surface area contributed by atoms with Crippen LogP contribution in [0.5, 0.6) is 0 Å². The summed E-state index contributed by atoms with van der Waals surface area (Å²) in [6, 6.07) is 10.5. The third kappa shape index (κ3) is 4.89. The Balaban J connectivity index is 1.62. The zero-order valence-corrected chi connectivity index (χ0v) is 16.9. The summed E-state index contributed by atoms with van der Waals surface area (Å²) < 4.78 is 7.57. The van der Waals surface area contributed by atoms with Crippen LogP contribution in [-0.4, -0.2) is 54.5 Å². The van der Waals surface area contributed by atoms with Crippen molar-refractivity contribution in [2.24, 2.45) is 10.9 Å². The van der Waals surface area contributed by atoms with Crippen molar-refractivity contribution in [3.8, 4) is 0 Å². The zero-order chi connectivity index (χ0) is 19.2. The predicted octanol–water partition coefficient (Wildman–Crippen LogP) is 2.59. The highest BCUT2D eigenvalue weighted by Gasteiger charge is 2.19. The van der Waals surface area contributed by atoms with Crippen LogP contribution < -0.4 is 5.32 Å². The van der Waals surface area contributed by atoms with Crippen LogP contribution in [0.15, 0.2) is 35.3 Å². The van der Waals surface area contributed by atoms with E-state index in [2.05, 4.69) is 65.1 Å². The van der Waals surface area contributed by atoms with Crippen LogP contribution in [0.1, 0.15) is 28.9 Å². The number of hydrogen-bond donors (Lipinski definition) is 1. The van der Waals surface area contributed by atoms with Crippen LogP contribution in [0.25, 0.3) is 0 Å². The maximum atomic E-state index is 5.49. The molecule has 1 aromatic heterocycles. The number of rotatable bonds is 6. The largest absolute Gasteiger partial charge is 0.381 e. The van der Waals surface area contributed by atoms with E-state index >= 15 is 0 Å². The molecule has 1 aliphatic rings. The topological polar surface area (TPSA) is 54.7 Å². The van der Waals surface area contributed by atoms with Crippen LogP contribution in [0, 0.1) is 19.8 Å². The van der Waals surface area contributed by atoms with E-state index in [-0.39, 0.29) is 0 Å². The van der Waals surface area contributed by atoms with Gasteiger partial charge in [-0.3, -0.25) is 9.67 Å². The Morgan fingerprint density at radius 1 is 1.33 bits per heavy atom. The van der Waals surface area contributed by atoms with Crippen molar-refractivity contribution in [2.75, 3.05) is 33.9 Å². The van der Waals surface area contributed by atoms with E-state index in [4.69, 9.17) is 9.84 Å². The highest BCUT2D eigenvalue weighted by molar-refractivity contribution is 5.79. The number of benzene rings is 1. The molecule has 0 spiro atoms. The molecule has 0 aliphatic carbocycles. The van der Waals surface area contributed by atoms with E-state index in [1.807, 2.05) is 13.1 Å². The third-order valence-electron chi connectivity index (χ3n) is 5.26. The van der Waals surface area contributed by atoms with Gasteiger partial charge in [0.15, 0.2) is 5.96 Å². The Morgan fingerprint density at radius 2 is 2.11 bits per heavy atom. The van der Waals surface area contributed by atoms with Crippen LogP contribution >= 0.6 is 0 Å². The number of aliphatic imine (C=N–C) groups is 1. The SMILES string of the molecule is CN=C(NCc1c(C)nn(Cc2ccccc2)c1C)N(C)CC1CCOC1. The molecule has 1 atom stereocenters. The zero-order valence-electron chi connectivity index (χ0n) is 16.9. The first-order valence-electron chi connectivity index (χ1n) is 9.64. The van der Waals surface area contributed by atoms with Crippen LogP contribution in [0.3, 0.4) is 0 Å². The number of aromatic nitrogens is 2. The van der Waals surface area contributed by atoms with Crippen LogP contribution in [-0.2, 0) is 17.8 Å². The van der Waals surface area contributed by atoms with E-state index in [0.717, 1.165) is 50.9 Å². The summed E-state index contributed by atoms with van der Waals surface area (Å²) in [5, 5.41) is 8.24. The molecule has 2 heterocycles. The fourth-order valence-corrected chi connectivity index (χ4v) is 3.65. The molecule has 2 aromatic rings. The summed E-state index contributed by atoms with van der Waals surface area (Å²) >= 11 is 0. The Labute approximate surface area is 162 Å². The van der Waals surface area contributed by atoms with Crippen molar-refractivity contribution in [1.82, 2.24) is 20.0 Å². The van der Waals surface area contributed by atoms with E-state index in [1.165, 1.54) is 16.8 Å². The number of nitrogens with zero attached hydrogens (tertiary/aromatic N) is 4. The van der Waals surface area contributed by atoms with Gasteiger partial charge < -0.3 is 15.0 Å². The first kappa shape index (κ1) is 19.4. The van der Waals surface area contributed by atoms with Crippen molar-refractivity contribution in [1.29, 1.82) is 0 Å². The molecule has 1 N–H and O–H groups in total. The second-order valence-corrected chi connectivity index (χ2v) is 7.30. The Hall–Kier alpha value is -2.34. The molecule has 1 aliphatic heterocycles. The standard InChI is InChI=1S/C21H31N5O/c1-16-20(17(2)26(24-16)14-18-8-6-5-7-9-18)12-23-21(22-3)25(4)13-19-10-11-27-15-19/h5-9,19H,10-15H2,1-4H3,(H,22,23). The number of guanidine groups is 1. The monoisotopic (exact) mass is 369 g/mol. The van der Waals surface area contributed by atoms with Gasteiger partial charge in [0.25, 0.3) is 0 Å². The summed E-state index contributed by atoms with van der Waals surface area (Å²) in [6.07, 6.45) is 1.13. The minimum atomic E-state index is 0.589. The molecular weight excluding hydrogens is 338 g/mol. The molecule has 27 heavy (non-hydrogen) atoms. The van der Waals surface area contributed by atoms with E-state index in [1.54, 1.807) is 0 Å². The maximum Gasteiger partial charge on any atom is 0.193 e. The molecule has 0 bridgehead atoms. The summed E-state index contributed by atoms with van der Waals surface area (Å²) in [7, 11) is 3.93.